The van der Waals surface area contributed by atoms with Crippen molar-refractivity contribution in [2.75, 3.05) is 49.2 Å². The minimum Gasteiger partial charge on any atom is -0.393 e. The largest absolute Gasteiger partial charge is 0.393 e. The van der Waals surface area contributed by atoms with Crippen LogP contribution < -0.4 is 15.5 Å². The van der Waals surface area contributed by atoms with Crippen molar-refractivity contribution < 1.29 is 19.3 Å². The molecule has 0 bridgehead atoms. The van der Waals surface area contributed by atoms with Gasteiger partial charge in [-0.1, -0.05) is 23.4 Å². The Morgan fingerprint density at radius 2 is 1.97 bits per heavy atom. The Balaban J connectivity index is 1.29. The minimum absolute atomic E-state index is 0.00374. The Kier molecular flexibility index (Phi) is 6.84. The third-order valence-corrected chi connectivity index (χ3v) is 8.89. The highest BCUT2D eigenvalue weighted by Gasteiger charge is 2.48. The molecular formula is C23H30ClFN6O3S. The summed E-state index contributed by atoms with van der Waals surface area (Å²) in [4.78, 5) is 18.1. The summed E-state index contributed by atoms with van der Waals surface area (Å²) in [7, 11) is 0. The summed E-state index contributed by atoms with van der Waals surface area (Å²) in [6.07, 6.45) is 5.17. The molecule has 190 valence electrons. The number of nitrogens with zero attached hydrogens (tertiary/aromatic N) is 5. The molecule has 12 heteroatoms. The zero-order valence-corrected chi connectivity index (χ0v) is 21.1. The van der Waals surface area contributed by atoms with Crippen molar-refractivity contribution in [1.29, 1.82) is 0 Å². The molecule has 0 amide bonds. The molecule has 0 saturated carbocycles. The fourth-order valence-electron chi connectivity index (χ4n) is 5.17. The predicted octanol–water partition coefficient (Wildman–Crippen LogP) is 2.02. The van der Waals surface area contributed by atoms with Gasteiger partial charge in [0.05, 0.1) is 50.2 Å². The highest BCUT2D eigenvalue weighted by atomic mass is 35.5. The van der Waals surface area contributed by atoms with Gasteiger partial charge < -0.3 is 30.5 Å². The summed E-state index contributed by atoms with van der Waals surface area (Å²) in [5.41, 5.74) is 5.32. The van der Waals surface area contributed by atoms with Gasteiger partial charge in [0.1, 0.15) is 16.5 Å². The molecule has 2 aromatic rings. The van der Waals surface area contributed by atoms with Gasteiger partial charge in [-0.15, -0.1) is 0 Å². The van der Waals surface area contributed by atoms with Crippen LogP contribution in [0.4, 0.5) is 16.0 Å². The monoisotopic (exact) mass is 524 g/mol. The molecule has 1 spiro atoms. The SMILES string of the molecule is C[C@@H]1OCC2(CCN(c3ncc(Sc4ccnc(N5CC(F)(CO)C5)c4Cl)nc3CO)CC2)[C@@H]1N. The maximum Gasteiger partial charge on any atom is 0.168 e. The lowest BCUT2D eigenvalue weighted by Crippen LogP contribution is -2.61. The van der Waals surface area contributed by atoms with E-state index in [9.17, 15) is 9.50 Å². The van der Waals surface area contributed by atoms with E-state index in [0.717, 1.165) is 25.9 Å². The summed E-state index contributed by atoms with van der Waals surface area (Å²) < 4.78 is 19.9. The standard InChI is InChI=1S/C23H30ClFN6O3S/c1-14-19(26)22(13-34-14)3-6-30(7-4-22)20-15(9-32)29-17(8-28-20)35-16-2-5-27-21(18(16)24)31-10-23(25,11-31)12-33/h2,5,8,14,19,32-33H,3-4,6-7,9-13,26H2,1H3/t14-,19+/m0/s1. The van der Waals surface area contributed by atoms with Crippen molar-refractivity contribution >= 4 is 35.0 Å². The average Bonchev–Trinajstić information content (AvgIpc) is 3.12. The van der Waals surface area contributed by atoms with Crippen LogP contribution in [0.15, 0.2) is 28.4 Å². The predicted molar refractivity (Wildman–Crippen MR) is 132 cm³/mol. The van der Waals surface area contributed by atoms with Crippen molar-refractivity contribution in [3.8, 4) is 0 Å². The van der Waals surface area contributed by atoms with Crippen molar-refractivity contribution in [2.45, 2.75) is 54.1 Å². The molecule has 2 aromatic heterocycles. The summed E-state index contributed by atoms with van der Waals surface area (Å²) in [6, 6.07) is 1.79. The molecule has 0 aromatic carbocycles. The topological polar surface area (TPSA) is 121 Å². The van der Waals surface area contributed by atoms with Crippen LogP contribution in [0.3, 0.4) is 0 Å². The fraction of sp³-hybridized carbons (Fsp3) is 0.609. The van der Waals surface area contributed by atoms with Gasteiger partial charge >= 0.3 is 0 Å². The van der Waals surface area contributed by atoms with Gasteiger partial charge in [0.15, 0.2) is 11.5 Å². The third-order valence-electron chi connectivity index (χ3n) is 7.44. The summed E-state index contributed by atoms with van der Waals surface area (Å²) >= 11 is 7.88. The number of pyridine rings is 1. The van der Waals surface area contributed by atoms with Crippen LogP contribution in [0.2, 0.25) is 5.02 Å². The van der Waals surface area contributed by atoms with Crippen LogP contribution in [-0.2, 0) is 11.3 Å². The molecule has 5 heterocycles. The van der Waals surface area contributed by atoms with Crippen LogP contribution in [0.1, 0.15) is 25.5 Å². The Morgan fingerprint density at radius 3 is 2.60 bits per heavy atom. The van der Waals surface area contributed by atoms with E-state index in [1.807, 2.05) is 6.92 Å². The maximum absolute atomic E-state index is 14.1. The molecule has 5 rings (SSSR count). The number of aromatic nitrogens is 3. The van der Waals surface area contributed by atoms with E-state index in [1.165, 1.54) is 11.8 Å². The molecule has 35 heavy (non-hydrogen) atoms. The number of ether oxygens (including phenoxy) is 1. The first-order valence-electron chi connectivity index (χ1n) is 11.7. The van der Waals surface area contributed by atoms with Gasteiger partial charge in [-0.25, -0.2) is 19.3 Å². The molecule has 0 aliphatic carbocycles. The first kappa shape index (κ1) is 24.9. The number of nitrogens with two attached hydrogens (primary N) is 1. The highest BCUT2D eigenvalue weighted by Crippen LogP contribution is 2.43. The van der Waals surface area contributed by atoms with Gasteiger partial charge in [0.2, 0.25) is 0 Å². The first-order valence-corrected chi connectivity index (χ1v) is 12.9. The van der Waals surface area contributed by atoms with E-state index in [2.05, 4.69) is 19.9 Å². The van der Waals surface area contributed by atoms with Crippen LogP contribution in [0, 0.1) is 5.41 Å². The second-order valence-corrected chi connectivity index (χ2v) is 11.2. The Labute approximate surface area is 212 Å². The van der Waals surface area contributed by atoms with E-state index in [0.29, 0.717) is 38.9 Å². The summed E-state index contributed by atoms with van der Waals surface area (Å²) in [5, 5.41) is 20.2. The number of rotatable bonds is 6. The smallest absolute Gasteiger partial charge is 0.168 e. The first-order chi connectivity index (χ1) is 16.8. The lowest BCUT2D eigenvalue weighted by Gasteiger charge is -2.44. The van der Waals surface area contributed by atoms with Gasteiger partial charge in [-0.3, -0.25) is 0 Å². The molecular weight excluding hydrogens is 495 g/mol. The Bertz CT molecular complexity index is 1080. The Morgan fingerprint density at radius 1 is 1.23 bits per heavy atom. The zero-order chi connectivity index (χ0) is 24.8. The van der Waals surface area contributed by atoms with Crippen LogP contribution in [-0.4, -0.2) is 82.4 Å². The number of halogens is 2. The quantitative estimate of drug-likeness (QED) is 0.517. The molecule has 3 saturated heterocycles. The van der Waals surface area contributed by atoms with Crippen LogP contribution in [0.5, 0.6) is 0 Å². The number of aliphatic hydroxyl groups excluding tert-OH is 2. The van der Waals surface area contributed by atoms with E-state index in [-0.39, 0.29) is 37.3 Å². The van der Waals surface area contributed by atoms with Crippen molar-refractivity contribution in [3.05, 3.63) is 29.2 Å². The molecule has 3 aliphatic rings. The molecule has 4 N–H and O–H groups in total. The van der Waals surface area contributed by atoms with E-state index in [4.69, 9.17) is 27.2 Å². The van der Waals surface area contributed by atoms with Crippen LogP contribution in [0.25, 0.3) is 0 Å². The second kappa shape index (κ2) is 9.60. The van der Waals surface area contributed by atoms with E-state index >= 15 is 0 Å². The zero-order valence-electron chi connectivity index (χ0n) is 19.5. The molecule has 3 fully saturated rings. The highest BCUT2D eigenvalue weighted by molar-refractivity contribution is 7.99. The van der Waals surface area contributed by atoms with E-state index in [1.54, 1.807) is 23.4 Å². The molecule has 2 atom stereocenters. The number of piperidine rings is 1. The maximum atomic E-state index is 14.1. The molecule has 3 aliphatic heterocycles. The molecule has 0 radical (unpaired) electrons. The average molecular weight is 525 g/mol. The van der Waals surface area contributed by atoms with Gasteiger partial charge in [-0.05, 0) is 25.8 Å². The summed E-state index contributed by atoms with van der Waals surface area (Å²) in [6.45, 7) is 3.59. The van der Waals surface area contributed by atoms with Gasteiger partial charge in [-0.2, -0.15) is 0 Å². The van der Waals surface area contributed by atoms with Crippen molar-refractivity contribution in [3.63, 3.8) is 0 Å². The Hall–Kier alpha value is -1.76. The minimum atomic E-state index is -1.62. The number of aliphatic hydroxyl groups is 2. The van der Waals surface area contributed by atoms with Crippen molar-refractivity contribution in [2.24, 2.45) is 11.1 Å². The van der Waals surface area contributed by atoms with E-state index < -0.39 is 12.3 Å². The van der Waals surface area contributed by atoms with Gasteiger partial charge in [0.25, 0.3) is 0 Å². The third kappa shape index (κ3) is 4.58. The van der Waals surface area contributed by atoms with Gasteiger partial charge in [0, 0.05) is 35.6 Å². The van der Waals surface area contributed by atoms with Crippen molar-refractivity contribution in [1.82, 2.24) is 15.0 Å². The fourth-order valence-corrected chi connectivity index (χ4v) is 6.32. The number of hydrogen-bond acceptors (Lipinski definition) is 10. The number of alkyl halides is 1. The normalized spacial score (nSPS) is 25.2. The second-order valence-electron chi connectivity index (χ2n) is 9.74. The lowest BCUT2D eigenvalue weighted by molar-refractivity contribution is 0.0440. The summed E-state index contributed by atoms with van der Waals surface area (Å²) in [5.74, 6) is 1.15. The van der Waals surface area contributed by atoms with Crippen LogP contribution >= 0.6 is 23.4 Å². The number of hydrogen-bond donors (Lipinski definition) is 3. The molecule has 9 nitrogen and oxygen atoms in total. The molecule has 0 unspecified atom stereocenters. The lowest BCUT2D eigenvalue weighted by atomic mass is 9.73. The number of anilines is 2.